The zero-order valence-electron chi connectivity index (χ0n) is 13.8. The summed E-state index contributed by atoms with van der Waals surface area (Å²) in [7, 11) is 0. The third-order valence-corrected chi connectivity index (χ3v) is 3.44. The van der Waals surface area contributed by atoms with Gasteiger partial charge in [0.25, 0.3) is 5.91 Å². The van der Waals surface area contributed by atoms with E-state index in [1.165, 1.54) is 0 Å². The molecule has 0 bridgehead atoms. The van der Waals surface area contributed by atoms with Crippen molar-refractivity contribution in [1.82, 2.24) is 15.3 Å². The summed E-state index contributed by atoms with van der Waals surface area (Å²) in [5.41, 5.74) is 2.24. The highest BCUT2D eigenvalue weighted by Gasteiger charge is 2.11. The van der Waals surface area contributed by atoms with Crippen LogP contribution in [0.4, 0.5) is 11.5 Å². The molecule has 0 saturated carbocycles. The maximum atomic E-state index is 12.2. The highest BCUT2D eigenvalue weighted by Crippen LogP contribution is 2.23. The minimum atomic E-state index is -0.199. The van der Waals surface area contributed by atoms with Crippen LogP contribution in [-0.4, -0.2) is 22.4 Å². The van der Waals surface area contributed by atoms with Gasteiger partial charge in [0.2, 0.25) is 0 Å². The summed E-state index contributed by atoms with van der Waals surface area (Å²) in [6.45, 7) is 8.43. The molecule has 0 aliphatic rings. The van der Waals surface area contributed by atoms with Crippen molar-refractivity contribution in [3.05, 3.63) is 46.4 Å². The van der Waals surface area contributed by atoms with E-state index < -0.39 is 0 Å². The Labute approximate surface area is 141 Å². The van der Waals surface area contributed by atoms with Crippen LogP contribution in [-0.2, 0) is 0 Å². The minimum Gasteiger partial charge on any atom is -0.350 e. The number of aromatic nitrogens is 2. The van der Waals surface area contributed by atoms with Gasteiger partial charge in [0.05, 0.1) is 0 Å². The molecule has 0 spiro atoms. The van der Waals surface area contributed by atoms with E-state index in [-0.39, 0.29) is 5.91 Å². The summed E-state index contributed by atoms with van der Waals surface area (Å²) in [6.07, 6.45) is 0. The molecule has 2 rings (SSSR count). The number of benzene rings is 1. The molecule has 0 aliphatic carbocycles. The van der Waals surface area contributed by atoms with Gasteiger partial charge < -0.3 is 10.6 Å². The third-order valence-electron chi connectivity index (χ3n) is 3.20. The van der Waals surface area contributed by atoms with Gasteiger partial charge >= 0.3 is 0 Å². The fourth-order valence-corrected chi connectivity index (χ4v) is 2.17. The number of nitrogens with one attached hydrogen (secondary N) is 2. The minimum absolute atomic E-state index is 0.199. The number of anilines is 2. The lowest BCUT2D eigenvalue weighted by atomic mass is 10.2. The Hall–Kier alpha value is -2.14. The lowest BCUT2D eigenvalue weighted by Crippen LogP contribution is -2.28. The maximum Gasteiger partial charge on any atom is 0.270 e. The van der Waals surface area contributed by atoms with E-state index >= 15 is 0 Å². The Bertz CT molecular complexity index is 716. The lowest BCUT2D eigenvalue weighted by molar-refractivity contribution is 0.0943. The monoisotopic (exact) mass is 332 g/mol. The zero-order valence-corrected chi connectivity index (χ0v) is 14.5. The first-order chi connectivity index (χ1) is 10.8. The zero-order chi connectivity index (χ0) is 17.0. The summed E-state index contributed by atoms with van der Waals surface area (Å²) in [4.78, 5) is 20.7. The summed E-state index contributed by atoms with van der Waals surface area (Å²) >= 11 is 6.03. The lowest BCUT2D eigenvalue weighted by Gasteiger charge is -2.12. The fraction of sp³-hybridized carbons (Fsp3) is 0.353. The van der Waals surface area contributed by atoms with Crippen molar-refractivity contribution in [2.75, 3.05) is 11.9 Å². The van der Waals surface area contributed by atoms with Crippen molar-refractivity contribution in [2.24, 2.45) is 5.92 Å². The van der Waals surface area contributed by atoms with Crippen molar-refractivity contribution >= 4 is 29.0 Å². The van der Waals surface area contributed by atoms with Crippen LogP contribution in [0.1, 0.15) is 35.7 Å². The van der Waals surface area contributed by atoms with E-state index in [4.69, 9.17) is 11.6 Å². The molecule has 0 fully saturated rings. The van der Waals surface area contributed by atoms with Gasteiger partial charge in [-0.25, -0.2) is 9.97 Å². The molecule has 2 aromatic rings. The Morgan fingerprint density at radius 2 is 1.96 bits per heavy atom. The first-order valence-electron chi connectivity index (χ1n) is 7.52. The Kier molecular flexibility index (Phi) is 5.55. The molecule has 1 amide bonds. The second-order valence-electron chi connectivity index (χ2n) is 5.87. The molecule has 2 N–H and O–H groups in total. The topological polar surface area (TPSA) is 66.9 Å². The van der Waals surface area contributed by atoms with Crippen molar-refractivity contribution in [3.63, 3.8) is 0 Å². The van der Waals surface area contributed by atoms with E-state index in [2.05, 4.69) is 20.6 Å². The van der Waals surface area contributed by atoms with E-state index in [9.17, 15) is 4.79 Å². The van der Waals surface area contributed by atoms with Gasteiger partial charge in [0, 0.05) is 23.3 Å². The Balaban J connectivity index is 2.23. The van der Waals surface area contributed by atoms with Crippen LogP contribution < -0.4 is 10.6 Å². The largest absolute Gasteiger partial charge is 0.350 e. The van der Waals surface area contributed by atoms with Crippen LogP contribution in [0.5, 0.6) is 0 Å². The SMILES string of the molecule is Cc1nc(Nc2cc(Cl)ccc2C)cc(C(=O)NCC(C)C)n1. The van der Waals surface area contributed by atoms with Crippen molar-refractivity contribution in [1.29, 1.82) is 0 Å². The Morgan fingerprint density at radius 3 is 2.65 bits per heavy atom. The Morgan fingerprint density at radius 1 is 1.22 bits per heavy atom. The standard InChI is InChI=1S/C17H21ClN4O/c1-10(2)9-19-17(23)15-8-16(21-12(4)20-15)22-14-7-13(18)6-5-11(14)3/h5-8,10H,9H2,1-4H3,(H,19,23)(H,20,21,22). The highest BCUT2D eigenvalue weighted by atomic mass is 35.5. The van der Waals surface area contributed by atoms with Crippen LogP contribution in [0.3, 0.4) is 0 Å². The second-order valence-corrected chi connectivity index (χ2v) is 6.31. The normalized spacial score (nSPS) is 10.7. The molecule has 0 atom stereocenters. The number of amides is 1. The molecule has 1 aromatic heterocycles. The molecule has 0 saturated heterocycles. The van der Waals surface area contributed by atoms with E-state index in [1.54, 1.807) is 13.0 Å². The van der Waals surface area contributed by atoms with Crippen LogP contribution in [0.25, 0.3) is 0 Å². The molecule has 0 aliphatic heterocycles. The smallest absolute Gasteiger partial charge is 0.270 e. The molecule has 6 heteroatoms. The van der Waals surface area contributed by atoms with E-state index in [0.29, 0.717) is 34.8 Å². The summed E-state index contributed by atoms with van der Waals surface area (Å²) < 4.78 is 0. The number of carbonyl (C=O) groups is 1. The van der Waals surface area contributed by atoms with Crippen LogP contribution >= 0.6 is 11.6 Å². The maximum absolute atomic E-state index is 12.2. The molecule has 1 aromatic carbocycles. The van der Waals surface area contributed by atoms with Crippen molar-refractivity contribution in [2.45, 2.75) is 27.7 Å². The predicted octanol–water partition coefficient (Wildman–Crippen LogP) is 3.88. The molecule has 1 heterocycles. The van der Waals surface area contributed by atoms with Gasteiger partial charge in [0.15, 0.2) is 0 Å². The molecule has 122 valence electrons. The molecular formula is C17H21ClN4O. The highest BCUT2D eigenvalue weighted by molar-refractivity contribution is 6.30. The van der Waals surface area contributed by atoms with E-state index in [0.717, 1.165) is 11.3 Å². The summed E-state index contributed by atoms with van der Waals surface area (Å²) in [6, 6.07) is 7.23. The van der Waals surface area contributed by atoms with Gasteiger partial charge in [-0.1, -0.05) is 31.5 Å². The van der Waals surface area contributed by atoms with Gasteiger partial charge in [-0.3, -0.25) is 4.79 Å². The predicted molar refractivity (Wildman–Crippen MR) is 93.4 cm³/mol. The number of nitrogens with zero attached hydrogens (tertiary/aromatic N) is 2. The molecular weight excluding hydrogens is 312 g/mol. The summed E-state index contributed by atoms with van der Waals surface area (Å²) in [5, 5.41) is 6.70. The first-order valence-corrected chi connectivity index (χ1v) is 7.90. The molecule has 0 radical (unpaired) electrons. The quantitative estimate of drug-likeness (QED) is 0.872. The van der Waals surface area contributed by atoms with Gasteiger partial charge in [0.1, 0.15) is 17.3 Å². The fourth-order valence-electron chi connectivity index (χ4n) is 2.00. The molecule has 0 unspecified atom stereocenters. The number of rotatable bonds is 5. The van der Waals surface area contributed by atoms with Crippen molar-refractivity contribution in [3.8, 4) is 0 Å². The number of hydrogen-bond acceptors (Lipinski definition) is 4. The number of carbonyl (C=O) groups excluding carboxylic acids is 1. The van der Waals surface area contributed by atoms with E-state index in [1.807, 2.05) is 39.0 Å². The molecule has 23 heavy (non-hydrogen) atoms. The van der Waals surface area contributed by atoms with Gasteiger partial charge in [-0.15, -0.1) is 0 Å². The van der Waals surface area contributed by atoms with Crippen molar-refractivity contribution < 1.29 is 4.79 Å². The van der Waals surface area contributed by atoms with Crippen LogP contribution in [0.15, 0.2) is 24.3 Å². The second kappa shape index (κ2) is 7.42. The average molecular weight is 333 g/mol. The van der Waals surface area contributed by atoms with Gasteiger partial charge in [-0.2, -0.15) is 0 Å². The number of halogens is 1. The number of aryl methyl sites for hydroxylation is 2. The third kappa shape index (κ3) is 4.93. The first kappa shape index (κ1) is 17.2. The van der Waals surface area contributed by atoms with Crippen LogP contribution in [0.2, 0.25) is 5.02 Å². The van der Waals surface area contributed by atoms with Gasteiger partial charge in [-0.05, 0) is 37.5 Å². The number of hydrogen-bond donors (Lipinski definition) is 2. The average Bonchev–Trinajstić information content (AvgIpc) is 2.48. The van der Waals surface area contributed by atoms with Crippen LogP contribution in [0, 0.1) is 19.8 Å². The summed E-state index contributed by atoms with van der Waals surface area (Å²) in [5.74, 6) is 1.28. The molecule has 5 nitrogen and oxygen atoms in total.